The maximum atomic E-state index is 13.3. The van der Waals surface area contributed by atoms with Gasteiger partial charge in [-0.05, 0) is 18.6 Å². The van der Waals surface area contributed by atoms with Gasteiger partial charge in [0.05, 0.1) is 11.6 Å². The number of hydrogen-bond donors (Lipinski definition) is 2. The van der Waals surface area contributed by atoms with Gasteiger partial charge in [-0.2, -0.15) is 0 Å². The van der Waals surface area contributed by atoms with Gasteiger partial charge >= 0.3 is 0 Å². The predicted octanol–water partition coefficient (Wildman–Crippen LogP) is 1.43. The number of rotatable bonds is 2. The van der Waals surface area contributed by atoms with Crippen LogP contribution in [0.4, 0.5) is 14.5 Å². The van der Waals surface area contributed by atoms with E-state index in [9.17, 15) is 18.4 Å². The minimum atomic E-state index is -0.816. The summed E-state index contributed by atoms with van der Waals surface area (Å²) in [5, 5.41) is 4.96. The summed E-state index contributed by atoms with van der Waals surface area (Å²) in [5.41, 5.74) is -0.0571. The SMILES string of the molecule is O=C1CCC(C(=O)Nc2ccc(F)cc2F)CN1. The molecule has 2 rings (SSSR count). The van der Waals surface area contributed by atoms with Crippen molar-refractivity contribution in [1.29, 1.82) is 0 Å². The lowest BCUT2D eigenvalue weighted by atomic mass is 9.98. The van der Waals surface area contributed by atoms with Gasteiger partial charge in [-0.25, -0.2) is 8.78 Å². The van der Waals surface area contributed by atoms with Gasteiger partial charge in [-0.1, -0.05) is 0 Å². The molecule has 1 fully saturated rings. The zero-order valence-corrected chi connectivity index (χ0v) is 9.50. The van der Waals surface area contributed by atoms with Gasteiger partial charge < -0.3 is 10.6 Å². The van der Waals surface area contributed by atoms with Crippen molar-refractivity contribution in [2.75, 3.05) is 11.9 Å². The van der Waals surface area contributed by atoms with Crippen LogP contribution in [0.5, 0.6) is 0 Å². The molecule has 1 unspecified atom stereocenters. The Morgan fingerprint density at radius 2 is 2.17 bits per heavy atom. The first-order valence-corrected chi connectivity index (χ1v) is 5.59. The molecule has 1 saturated heterocycles. The van der Waals surface area contributed by atoms with E-state index >= 15 is 0 Å². The van der Waals surface area contributed by atoms with E-state index in [0.717, 1.165) is 6.07 Å². The molecular formula is C12H12F2N2O2. The maximum Gasteiger partial charge on any atom is 0.229 e. The van der Waals surface area contributed by atoms with Crippen LogP contribution >= 0.6 is 0 Å². The average molecular weight is 254 g/mol. The molecule has 0 aromatic heterocycles. The molecule has 0 saturated carbocycles. The minimum absolute atomic E-state index is 0.0571. The number of halogens is 2. The highest BCUT2D eigenvalue weighted by Crippen LogP contribution is 2.18. The monoisotopic (exact) mass is 254 g/mol. The lowest BCUT2D eigenvalue weighted by Crippen LogP contribution is -2.40. The molecule has 1 atom stereocenters. The summed E-state index contributed by atoms with van der Waals surface area (Å²) in [6.45, 7) is 0.244. The lowest BCUT2D eigenvalue weighted by Gasteiger charge is -2.21. The molecule has 1 aromatic rings. The third kappa shape index (κ3) is 2.82. The number of benzene rings is 1. The maximum absolute atomic E-state index is 13.3. The number of carbonyl (C=O) groups is 2. The smallest absolute Gasteiger partial charge is 0.229 e. The molecule has 18 heavy (non-hydrogen) atoms. The van der Waals surface area contributed by atoms with E-state index in [-0.39, 0.29) is 36.4 Å². The van der Waals surface area contributed by atoms with Gasteiger partial charge in [0.2, 0.25) is 11.8 Å². The number of carbonyl (C=O) groups excluding carboxylic acids is 2. The van der Waals surface area contributed by atoms with E-state index in [0.29, 0.717) is 12.5 Å². The molecule has 0 aliphatic carbocycles. The molecule has 0 spiro atoms. The number of piperidine rings is 1. The lowest BCUT2D eigenvalue weighted by molar-refractivity contribution is -0.126. The molecule has 2 N–H and O–H groups in total. The van der Waals surface area contributed by atoms with Gasteiger partial charge in [0.1, 0.15) is 11.6 Å². The fourth-order valence-corrected chi connectivity index (χ4v) is 1.78. The fourth-order valence-electron chi connectivity index (χ4n) is 1.78. The van der Waals surface area contributed by atoms with Crippen LogP contribution in [0.15, 0.2) is 18.2 Å². The highest BCUT2D eigenvalue weighted by molar-refractivity contribution is 5.94. The largest absolute Gasteiger partial charge is 0.355 e. The van der Waals surface area contributed by atoms with Crippen molar-refractivity contribution in [2.45, 2.75) is 12.8 Å². The average Bonchev–Trinajstić information content (AvgIpc) is 2.33. The Hall–Kier alpha value is -1.98. The van der Waals surface area contributed by atoms with Crippen molar-refractivity contribution in [3.05, 3.63) is 29.8 Å². The van der Waals surface area contributed by atoms with Gasteiger partial charge in [-0.3, -0.25) is 9.59 Å². The molecule has 1 aromatic carbocycles. The molecule has 2 amide bonds. The number of hydrogen-bond acceptors (Lipinski definition) is 2. The standard InChI is InChI=1S/C12H12F2N2O2/c13-8-2-3-10(9(14)5-8)16-12(18)7-1-4-11(17)15-6-7/h2-3,5,7H,1,4,6H2,(H,15,17)(H,16,18). The second-order valence-corrected chi connectivity index (χ2v) is 4.15. The molecule has 1 heterocycles. The third-order valence-electron chi connectivity index (χ3n) is 2.83. The molecule has 4 nitrogen and oxygen atoms in total. The Balaban J connectivity index is 2.00. The summed E-state index contributed by atoms with van der Waals surface area (Å²) in [6.07, 6.45) is 0.713. The van der Waals surface area contributed by atoms with Crippen molar-refractivity contribution in [2.24, 2.45) is 5.92 Å². The van der Waals surface area contributed by atoms with E-state index < -0.39 is 11.6 Å². The van der Waals surface area contributed by atoms with Crippen molar-refractivity contribution in [3.8, 4) is 0 Å². The summed E-state index contributed by atoms with van der Waals surface area (Å²) < 4.78 is 26.0. The summed E-state index contributed by atoms with van der Waals surface area (Å²) in [6, 6.07) is 2.95. The Bertz CT molecular complexity index is 481. The van der Waals surface area contributed by atoms with Gasteiger partial charge in [0, 0.05) is 19.0 Å². The molecule has 6 heteroatoms. The summed E-state index contributed by atoms with van der Waals surface area (Å²) in [4.78, 5) is 22.7. The van der Waals surface area contributed by atoms with Crippen molar-refractivity contribution in [1.82, 2.24) is 5.32 Å². The summed E-state index contributed by atoms with van der Waals surface area (Å²) in [5.74, 6) is -2.36. The second-order valence-electron chi connectivity index (χ2n) is 4.15. The number of nitrogens with one attached hydrogen (secondary N) is 2. The van der Waals surface area contributed by atoms with Gasteiger partial charge in [-0.15, -0.1) is 0 Å². The van der Waals surface area contributed by atoms with E-state index in [4.69, 9.17) is 0 Å². The number of amides is 2. The van der Waals surface area contributed by atoms with Crippen LogP contribution < -0.4 is 10.6 Å². The first-order valence-electron chi connectivity index (χ1n) is 5.59. The molecule has 0 bridgehead atoms. The van der Waals surface area contributed by atoms with Crippen LogP contribution in [0.25, 0.3) is 0 Å². The van der Waals surface area contributed by atoms with Crippen LogP contribution in [0.3, 0.4) is 0 Å². The quantitative estimate of drug-likeness (QED) is 0.838. The van der Waals surface area contributed by atoms with E-state index in [1.165, 1.54) is 6.07 Å². The highest BCUT2D eigenvalue weighted by Gasteiger charge is 2.24. The number of anilines is 1. The van der Waals surface area contributed by atoms with E-state index in [1.54, 1.807) is 0 Å². The van der Waals surface area contributed by atoms with Crippen molar-refractivity contribution >= 4 is 17.5 Å². The summed E-state index contributed by atoms with van der Waals surface area (Å²) in [7, 11) is 0. The fraction of sp³-hybridized carbons (Fsp3) is 0.333. The zero-order valence-electron chi connectivity index (χ0n) is 9.50. The van der Waals surface area contributed by atoms with Gasteiger partial charge in [0.25, 0.3) is 0 Å². The molecule has 96 valence electrons. The summed E-state index contributed by atoms with van der Waals surface area (Å²) >= 11 is 0. The molecule has 0 radical (unpaired) electrons. The van der Waals surface area contributed by atoms with Crippen molar-refractivity contribution < 1.29 is 18.4 Å². The van der Waals surface area contributed by atoms with Crippen LogP contribution in [0.1, 0.15) is 12.8 Å². The van der Waals surface area contributed by atoms with Crippen molar-refractivity contribution in [3.63, 3.8) is 0 Å². The topological polar surface area (TPSA) is 58.2 Å². The second kappa shape index (κ2) is 5.12. The molecular weight excluding hydrogens is 242 g/mol. The first kappa shape index (κ1) is 12.5. The molecule has 1 aliphatic rings. The zero-order chi connectivity index (χ0) is 13.1. The minimum Gasteiger partial charge on any atom is -0.355 e. The third-order valence-corrected chi connectivity index (χ3v) is 2.83. The Labute approximate surface area is 102 Å². The molecule has 1 aliphatic heterocycles. The van der Waals surface area contributed by atoms with Crippen LogP contribution in [-0.2, 0) is 9.59 Å². The van der Waals surface area contributed by atoms with Crippen LogP contribution in [0, 0.1) is 17.6 Å². The van der Waals surface area contributed by atoms with E-state index in [1.807, 2.05) is 0 Å². The Kier molecular flexibility index (Phi) is 3.55. The normalized spacial score (nSPS) is 19.2. The van der Waals surface area contributed by atoms with Gasteiger partial charge in [0.15, 0.2) is 0 Å². The van der Waals surface area contributed by atoms with Crippen LogP contribution in [0.2, 0.25) is 0 Å². The Morgan fingerprint density at radius 1 is 1.39 bits per heavy atom. The first-order chi connectivity index (χ1) is 8.56. The Morgan fingerprint density at radius 3 is 2.78 bits per heavy atom. The predicted molar refractivity (Wildman–Crippen MR) is 60.7 cm³/mol. The van der Waals surface area contributed by atoms with E-state index in [2.05, 4.69) is 10.6 Å². The van der Waals surface area contributed by atoms with Crippen LogP contribution in [-0.4, -0.2) is 18.4 Å². The highest BCUT2D eigenvalue weighted by atomic mass is 19.1.